The molecule has 2 heterocycles. The number of amides is 1. The van der Waals surface area contributed by atoms with Gasteiger partial charge in [0.25, 0.3) is 5.91 Å². The highest BCUT2D eigenvalue weighted by Gasteiger charge is 2.16. The van der Waals surface area contributed by atoms with Crippen LogP contribution in [0.1, 0.15) is 26.6 Å². The first-order chi connectivity index (χ1) is 11.2. The second-order valence-corrected chi connectivity index (χ2v) is 6.25. The van der Waals surface area contributed by atoms with Gasteiger partial charge in [-0.15, -0.1) is 11.3 Å². The number of carbonyl (C=O) groups is 1. The smallest absolute Gasteiger partial charge is 0.273 e. The minimum atomic E-state index is -0.0654. The number of rotatable bonds is 5. The number of thiazole rings is 1. The third kappa shape index (κ3) is 4.02. The van der Waals surface area contributed by atoms with E-state index in [0.29, 0.717) is 12.2 Å². The lowest BCUT2D eigenvalue weighted by molar-refractivity contribution is 0.0780. The van der Waals surface area contributed by atoms with E-state index in [2.05, 4.69) is 22.1 Å². The molecule has 0 radical (unpaired) electrons. The standard InChI is InChI=1S/C18H17N3OS/c1-21(12-15-8-5-9-19-11-15)18(22)16-13-23-17(20-16)10-14-6-3-2-4-7-14/h2-9,11,13H,10,12H2,1H3. The van der Waals surface area contributed by atoms with Crippen molar-refractivity contribution in [3.63, 3.8) is 0 Å². The van der Waals surface area contributed by atoms with Crippen molar-refractivity contribution in [2.45, 2.75) is 13.0 Å². The van der Waals surface area contributed by atoms with Crippen LogP contribution in [0.15, 0.2) is 60.2 Å². The Morgan fingerprint density at radius 3 is 2.65 bits per heavy atom. The van der Waals surface area contributed by atoms with Crippen LogP contribution in [-0.4, -0.2) is 27.8 Å². The molecule has 0 N–H and O–H groups in total. The molecule has 23 heavy (non-hydrogen) atoms. The summed E-state index contributed by atoms with van der Waals surface area (Å²) >= 11 is 1.53. The molecular weight excluding hydrogens is 306 g/mol. The summed E-state index contributed by atoms with van der Waals surface area (Å²) < 4.78 is 0. The van der Waals surface area contributed by atoms with Gasteiger partial charge in [0.1, 0.15) is 5.69 Å². The summed E-state index contributed by atoms with van der Waals surface area (Å²) in [5, 5.41) is 2.79. The van der Waals surface area contributed by atoms with Crippen molar-refractivity contribution in [3.8, 4) is 0 Å². The summed E-state index contributed by atoms with van der Waals surface area (Å²) in [5.74, 6) is -0.0654. The quantitative estimate of drug-likeness (QED) is 0.723. The minimum Gasteiger partial charge on any atom is -0.336 e. The first kappa shape index (κ1) is 15.4. The van der Waals surface area contributed by atoms with Crippen LogP contribution in [0.25, 0.3) is 0 Å². The molecular formula is C18H17N3OS. The van der Waals surface area contributed by atoms with Gasteiger partial charge in [-0.05, 0) is 17.2 Å². The molecule has 1 amide bonds. The lowest BCUT2D eigenvalue weighted by Crippen LogP contribution is -2.26. The molecule has 3 aromatic rings. The molecule has 116 valence electrons. The van der Waals surface area contributed by atoms with Crippen molar-refractivity contribution in [2.75, 3.05) is 7.05 Å². The van der Waals surface area contributed by atoms with E-state index in [1.165, 1.54) is 16.9 Å². The molecule has 3 rings (SSSR count). The fourth-order valence-corrected chi connectivity index (χ4v) is 3.10. The van der Waals surface area contributed by atoms with Gasteiger partial charge in [-0.2, -0.15) is 0 Å². The normalized spacial score (nSPS) is 10.5. The van der Waals surface area contributed by atoms with Crippen LogP contribution >= 0.6 is 11.3 Å². The molecule has 0 aliphatic carbocycles. The van der Waals surface area contributed by atoms with Crippen LogP contribution in [0.3, 0.4) is 0 Å². The second kappa shape index (κ2) is 7.15. The highest BCUT2D eigenvalue weighted by molar-refractivity contribution is 7.09. The van der Waals surface area contributed by atoms with Crippen LogP contribution in [0.2, 0.25) is 0 Å². The zero-order valence-corrected chi connectivity index (χ0v) is 13.7. The average Bonchev–Trinajstić information content (AvgIpc) is 3.04. The van der Waals surface area contributed by atoms with Gasteiger partial charge in [-0.1, -0.05) is 36.4 Å². The topological polar surface area (TPSA) is 46.1 Å². The molecule has 0 atom stereocenters. The Balaban J connectivity index is 1.66. The fourth-order valence-electron chi connectivity index (χ4n) is 2.29. The Hall–Kier alpha value is -2.53. The van der Waals surface area contributed by atoms with Crippen LogP contribution in [0, 0.1) is 0 Å². The number of hydrogen-bond acceptors (Lipinski definition) is 4. The summed E-state index contributed by atoms with van der Waals surface area (Å²) in [6.07, 6.45) is 4.25. The predicted molar refractivity (Wildman–Crippen MR) is 91.4 cm³/mol. The lowest BCUT2D eigenvalue weighted by Gasteiger charge is -2.15. The molecule has 2 aromatic heterocycles. The van der Waals surface area contributed by atoms with Crippen molar-refractivity contribution in [1.82, 2.24) is 14.9 Å². The predicted octanol–water partition coefficient (Wildman–Crippen LogP) is 3.40. The molecule has 5 heteroatoms. The Labute approximate surface area is 139 Å². The highest BCUT2D eigenvalue weighted by atomic mass is 32.1. The largest absolute Gasteiger partial charge is 0.336 e. The highest BCUT2D eigenvalue weighted by Crippen LogP contribution is 2.16. The van der Waals surface area contributed by atoms with Crippen molar-refractivity contribution in [1.29, 1.82) is 0 Å². The molecule has 0 fully saturated rings. The van der Waals surface area contributed by atoms with Gasteiger partial charge in [0, 0.05) is 37.8 Å². The van der Waals surface area contributed by atoms with Gasteiger partial charge in [0.2, 0.25) is 0 Å². The Morgan fingerprint density at radius 1 is 1.13 bits per heavy atom. The average molecular weight is 323 g/mol. The third-order valence-corrected chi connectivity index (χ3v) is 4.31. The van der Waals surface area contributed by atoms with E-state index < -0.39 is 0 Å². The molecule has 0 saturated heterocycles. The molecule has 0 saturated carbocycles. The maximum atomic E-state index is 12.5. The number of pyridine rings is 1. The Kier molecular flexibility index (Phi) is 4.78. The lowest BCUT2D eigenvalue weighted by atomic mass is 10.2. The van der Waals surface area contributed by atoms with Crippen LogP contribution in [0.4, 0.5) is 0 Å². The van der Waals surface area contributed by atoms with Gasteiger partial charge >= 0.3 is 0 Å². The van der Waals surface area contributed by atoms with Gasteiger partial charge in [0.15, 0.2) is 0 Å². The molecule has 0 spiro atoms. The van der Waals surface area contributed by atoms with Gasteiger partial charge in [0.05, 0.1) is 5.01 Å². The van der Waals surface area contributed by atoms with Crippen LogP contribution in [0.5, 0.6) is 0 Å². The number of carbonyl (C=O) groups excluding carboxylic acids is 1. The van der Waals surface area contributed by atoms with Gasteiger partial charge in [-0.25, -0.2) is 4.98 Å². The van der Waals surface area contributed by atoms with E-state index in [0.717, 1.165) is 17.0 Å². The van der Waals surface area contributed by atoms with Crippen LogP contribution < -0.4 is 0 Å². The Morgan fingerprint density at radius 2 is 1.91 bits per heavy atom. The zero-order chi connectivity index (χ0) is 16.1. The number of benzene rings is 1. The zero-order valence-electron chi connectivity index (χ0n) is 12.8. The fraction of sp³-hybridized carbons (Fsp3) is 0.167. The first-order valence-corrected chi connectivity index (χ1v) is 8.23. The summed E-state index contributed by atoms with van der Waals surface area (Å²) in [6, 6.07) is 14.0. The number of aromatic nitrogens is 2. The summed E-state index contributed by atoms with van der Waals surface area (Å²) in [4.78, 5) is 22.7. The third-order valence-electron chi connectivity index (χ3n) is 3.46. The van der Waals surface area contributed by atoms with Gasteiger partial charge < -0.3 is 4.90 Å². The monoisotopic (exact) mass is 323 g/mol. The van der Waals surface area contributed by atoms with E-state index in [1.807, 2.05) is 35.7 Å². The maximum absolute atomic E-state index is 12.5. The summed E-state index contributed by atoms with van der Waals surface area (Å²) in [5.41, 5.74) is 2.71. The van der Waals surface area contributed by atoms with Crippen molar-refractivity contribution >= 4 is 17.2 Å². The molecule has 1 aromatic carbocycles. The molecule has 0 aliphatic rings. The van der Waals surface area contributed by atoms with Gasteiger partial charge in [-0.3, -0.25) is 9.78 Å². The molecule has 0 unspecified atom stereocenters. The van der Waals surface area contributed by atoms with Crippen molar-refractivity contribution < 1.29 is 4.79 Å². The molecule has 0 aliphatic heterocycles. The van der Waals surface area contributed by atoms with E-state index in [1.54, 1.807) is 24.3 Å². The van der Waals surface area contributed by atoms with Crippen LogP contribution in [-0.2, 0) is 13.0 Å². The Bertz CT molecular complexity index is 771. The molecule has 0 bridgehead atoms. The summed E-state index contributed by atoms with van der Waals surface area (Å²) in [6.45, 7) is 0.526. The van der Waals surface area contributed by atoms with E-state index in [4.69, 9.17) is 0 Å². The summed E-state index contributed by atoms with van der Waals surface area (Å²) in [7, 11) is 1.78. The second-order valence-electron chi connectivity index (χ2n) is 5.31. The maximum Gasteiger partial charge on any atom is 0.273 e. The first-order valence-electron chi connectivity index (χ1n) is 7.35. The van der Waals surface area contributed by atoms with E-state index >= 15 is 0 Å². The van der Waals surface area contributed by atoms with E-state index in [-0.39, 0.29) is 5.91 Å². The SMILES string of the molecule is CN(Cc1cccnc1)C(=O)c1csc(Cc2ccccc2)n1. The number of hydrogen-bond donors (Lipinski definition) is 0. The van der Waals surface area contributed by atoms with Crippen molar-refractivity contribution in [3.05, 3.63) is 82.1 Å². The van der Waals surface area contributed by atoms with Crippen molar-refractivity contribution in [2.24, 2.45) is 0 Å². The van der Waals surface area contributed by atoms with E-state index in [9.17, 15) is 4.79 Å². The minimum absolute atomic E-state index is 0.0654. The number of nitrogens with zero attached hydrogens (tertiary/aromatic N) is 3. The molecule has 4 nitrogen and oxygen atoms in total.